The van der Waals surface area contributed by atoms with Gasteiger partial charge in [-0.3, -0.25) is 4.79 Å². The number of piperidine rings is 1. The van der Waals surface area contributed by atoms with Crippen LogP contribution in [0.3, 0.4) is 0 Å². The van der Waals surface area contributed by atoms with Crippen LogP contribution >= 0.6 is 11.8 Å². The van der Waals surface area contributed by atoms with Gasteiger partial charge in [0.15, 0.2) is 0 Å². The molecule has 3 nitrogen and oxygen atoms in total. The van der Waals surface area contributed by atoms with Crippen molar-refractivity contribution in [2.45, 2.75) is 50.7 Å². The summed E-state index contributed by atoms with van der Waals surface area (Å²) in [5, 5.41) is 9.29. The molecule has 0 spiro atoms. The number of thioether (sulfide) groups is 1. The third-order valence-electron chi connectivity index (χ3n) is 5.03. The van der Waals surface area contributed by atoms with Gasteiger partial charge < -0.3 is 4.90 Å². The largest absolute Gasteiger partial charge is 0.342 e. The molecule has 2 rings (SSSR count). The van der Waals surface area contributed by atoms with Gasteiger partial charge in [-0.25, -0.2) is 0 Å². The van der Waals surface area contributed by atoms with Crippen molar-refractivity contribution in [3.63, 3.8) is 0 Å². The minimum Gasteiger partial charge on any atom is -0.342 e. The van der Waals surface area contributed by atoms with Crippen LogP contribution in [0.2, 0.25) is 0 Å². The van der Waals surface area contributed by atoms with Gasteiger partial charge in [0.05, 0.1) is 6.07 Å². The molecule has 1 heterocycles. The van der Waals surface area contributed by atoms with E-state index in [0.29, 0.717) is 5.91 Å². The molecule has 0 aromatic heterocycles. The molecule has 1 amide bonds. The van der Waals surface area contributed by atoms with Gasteiger partial charge in [0, 0.05) is 19.0 Å². The van der Waals surface area contributed by atoms with Crippen molar-refractivity contribution in [1.82, 2.24) is 4.90 Å². The average Bonchev–Trinajstić information content (AvgIpc) is 2.77. The maximum atomic E-state index is 12.6. The van der Waals surface area contributed by atoms with E-state index in [4.69, 9.17) is 0 Å². The minimum atomic E-state index is -0.262. The Kier molecular flexibility index (Phi) is 4.15. The number of likely N-dealkylation sites (tertiary alicyclic amines) is 1. The number of carbonyl (C=O) groups is 1. The summed E-state index contributed by atoms with van der Waals surface area (Å²) >= 11 is 1.64. The van der Waals surface area contributed by atoms with Crippen molar-refractivity contribution in [1.29, 1.82) is 5.26 Å². The molecule has 19 heavy (non-hydrogen) atoms. The zero-order valence-corrected chi connectivity index (χ0v) is 13.1. The second-order valence-corrected chi connectivity index (χ2v) is 7.76. The van der Waals surface area contributed by atoms with Gasteiger partial charge in [0.2, 0.25) is 5.91 Å². The van der Waals surface area contributed by atoms with Crippen LogP contribution in [-0.2, 0) is 4.79 Å². The van der Waals surface area contributed by atoms with Crippen LogP contribution in [0.25, 0.3) is 0 Å². The first kappa shape index (κ1) is 14.7. The molecule has 1 saturated carbocycles. The molecule has 1 saturated heterocycles. The van der Waals surface area contributed by atoms with E-state index in [1.165, 1.54) is 6.42 Å². The molecule has 1 aliphatic heterocycles. The Morgan fingerprint density at radius 1 is 1.32 bits per heavy atom. The molecule has 0 aromatic carbocycles. The van der Waals surface area contributed by atoms with E-state index in [1.807, 2.05) is 11.2 Å². The lowest BCUT2D eigenvalue weighted by atomic mass is 9.80. The van der Waals surface area contributed by atoms with E-state index in [0.717, 1.165) is 38.8 Å². The predicted molar refractivity (Wildman–Crippen MR) is 78.8 cm³/mol. The Morgan fingerprint density at radius 2 is 1.95 bits per heavy atom. The fourth-order valence-electron chi connectivity index (χ4n) is 3.45. The van der Waals surface area contributed by atoms with E-state index in [9.17, 15) is 10.1 Å². The van der Waals surface area contributed by atoms with Gasteiger partial charge in [-0.05, 0) is 37.4 Å². The highest BCUT2D eigenvalue weighted by Gasteiger charge is 2.43. The van der Waals surface area contributed by atoms with Crippen molar-refractivity contribution < 1.29 is 4.79 Å². The topological polar surface area (TPSA) is 44.1 Å². The van der Waals surface area contributed by atoms with E-state index < -0.39 is 0 Å². The molecule has 0 N–H and O–H groups in total. The summed E-state index contributed by atoms with van der Waals surface area (Å²) in [6, 6.07) is 2.44. The third-order valence-corrected chi connectivity index (χ3v) is 6.31. The van der Waals surface area contributed by atoms with Gasteiger partial charge >= 0.3 is 0 Å². The smallest absolute Gasteiger partial charge is 0.226 e. The van der Waals surface area contributed by atoms with Gasteiger partial charge in [0.25, 0.3) is 0 Å². The second kappa shape index (κ2) is 5.36. The van der Waals surface area contributed by atoms with Crippen LogP contribution in [0.5, 0.6) is 0 Å². The molecular formula is C15H24N2OS. The Hall–Kier alpha value is -0.690. The highest BCUT2D eigenvalue weighted by Crippen LogP contribution is 2.44. The third kappa shape index (κ3) is 2.76. The number of amides is 1. The number of nitriles is 1. The first-order valence-electron chi connectivity index (χ1n) is 7.19. The van der Waals surface area contributed by atoms with Crippen molar-refractivity contribution in [2.75, 3.05) is 19.3 Å². The fraction of sp³-hybridized carbons (Fsp3) is 0.867. The number of rotatable bonds is 2. The van der Waals surface area contributed by atoms with E-state index >= 15 is 0 Å². The molecular weight excluding hydrogens is 256 g/mol. The second-order valence-electron chi connectivity index (χ2n) is 6.57. The molecule has 0 radical (unpaired) electrons. The number of carbonyl (C=O) groups excluding carboxylic acids is 1. The summed E-state index contributed by atoms with van der Waals surface area (Å²) in [6.07, 6.45) is 6.98. The molecule has 0 aromatic rings. The summed E-state index contributed by atoms with van der Waals surface area (Å²) < 4.78 is -0.262. The van der Waals surface area contributed by atoms with E-state index in [2.05, 4.69) is 19.9 Å². The Labute approximate surface area is 120 Å². The highest BCUT2D eigenvalue weighted by atomic mass is 32.2. The van der Waals surface area contributed by atoms with Gasteiger partial charge in [0.1, 0.15) is 4.75 Å². The monoisotopic (exact) mass is 280 g/mol. The van der Waals surface area contributed by atoms with Gasteiger partial charge in [-0.15, -0.1) is 11.8 Å². The van der Waals surface area contributed by atoms with Crippen LogP contribution in [0.15, 0.2) is 0 Å². The zero-order valence-electron chi connectivity index (χ0n) is 12.2. The highest BCUT2D eigenvalue weighted by molar-refractivity contribution is 8.00. The molecule has 2 fully saturated rings. The predicted octanol–water partition coefficient (Wildman–Crippen LogP) is 3.06. The summed E-state index contributed by atoms with van der Waals surface area (Å²) in [6.45, 7) is 5.93. The normalized spacial score (nSPS) is 28.9. The van der Waals surface area contributed by atoms with Crippen LogP contribution in [-0.4, -0.2) is 34.9 Å². The Morgan fingerprint density at radius 3 is 2.37 bits per heavy atom. The molecule has 0 bridgehead atoms. The number of hydrogen-bond acceptors (Lipinski definition) is 3. The van der Waals surface area contributed by atoms with Gasteiger partial charge in [-0.2, -0.15) is 5.26 Å². The van der Waals surface area contributed by atoms with Crippen molar-refractivity contribution in [3.05, 3.63) is 0 Å². The summed E-state index contributed by atoms with van der Waals surface area (Å²) in [5.41, 5.74) is 0.153. The molecule has 1 aliphatic carbocycles. The van der Waals surface area contributed by atoms with Crippen LogP contribution < -0.4 is 0 Å². The van der Waals surface area contributed by atoms with Crippen molar-refractivity contribution in [2.24, 2.45) is 11.3 Å². The molecule has 1 atom stereocenters. The fourth-order valence-corrected chi connectivity index (χ4v) is 4.14. The summed E-state index contributed by atoms with van der Waals surface area (Å²) in [7, 11) is 0. The Balaban J connectivity index is 1.99. The number of hydrogen-bond donors (Lipinski definition) is 0. The maximum Gasteiger partial charge on any atom is 0.226 e. The quantitative estimate of drug-likeness (QED) is 0.781. The molecule has 106 valence electrons. The van der Waals surface area contributed by atoms with Crippen LogP contribution in [0.1, 0.15) is 46.0 Å². The first-order valence-corrected chi connectivity index (χ1v) is 8.42. The SMILES string of the molecule is CSC1(C#N)CCN(C(=O)C2CCCC2(C)C)CC1. The molecule has 4 heteroatoms. The zero-order chi connectivity index (χ0) is 14.1. The van der Waals surface area contributed by atoms with Crippen LogP contribution in [0, 0.1) is 22.7 Å². The van der Waals surface area contributed by atoms with Crippen molar-refractivity contribution >= 4 is 17.7 Å². The van der Waals surface area contributed by atoms with Crippen LogP contribution in [0.4, 0.5) is 0 Å². The van der Waals surface area contributed by atoms with Gasteiger partial charge in [-0.1, -0.05) is 20.3 Å². The summed E-state index contributed by atoms with van der Waals surface area (Å²) in [4.78, 5) is 14.6. The average molecular weight is 280 g/mol. The van der Waals surface area contributed by atoms with E-state index in [1.54, 1.807) is 11.8 Å². The van der Waals surface area contributed by atoms with Crippen molar-refractivity contribution in [3.8, 4) is 6.07 Å². The number of nitrogens with zero attached hydrogens (tertiary/aromatic N) is 2. The lowest BCUT2D eigenvalue weighted by Crippen LogP contribution is -2.48. The lowest BCUT2D eigenvalue weighted by Gasteiger charge is -2.39. The standard InChI is InChI=1S/C15H24N2OS/c1-14(2)6-4-5-12(14)13(18)17-9-7-15(11-16,19-3)8-10-17/h12H,4-10H2,1-3H3. The Bertz CT molecular complexity index is 391. The molecule has 2 aliphatic rings. The lowest BCUT2D eigenvalue weighted by molar-refractivity contribution is -0.139. The maximum absolute atomic E-state index is 12.6. The van der Waals surface area contributed by atoms with E-state index in [-0.39, 0.29) is 16.1 Å². The first-order chi connectivity index (χ1) is 8.94. The minimum absolute atomic E-state index is 0.153. The molecule has 1 unspecified atom stereocenters. The summed E-state index contributed by atoms with van der Waals surface area (Å²) in [5.74, 6) is 0.520.